The molecule has 0 aliphatic heterocycles. The highest BCUT2D eigenvalue weighted by Gasteiger charge is 1.96. The first-order chi connectivity index (χ1) is 8.31. The summed E-state index contributed by atoms with van der Waals surface area (Å²) in [6.45, 7) is 0. The molecular weight excluding hydrogens is 206 g/mol. The van der Waals surface area contributed by atoms with Crippen LogP contribution in [0.2, 0.25) is 0 Å². The quantitative estimate of drug-likeness (QED) is 0.760. The van der Waals surface area contributed by atoms with Crippen LogP contribution in [-0.2, 0) is 0 Å². The van der Waals surface area contributed by atoms with Crippen LogP contribution in [0.3, 0.4) is 0 Å². The molecule has 0 saturated heterocycles. The number of hydrogen-bond donors (Lipinski definition) is 1. The average molecular weight is 217 g/mol. The van der Waals surface area contributed by atoms with Gasteiger partial charge < -0.3 is 5.32 Å². The Hall–Kier alpha value is -2.64. The standard InChI is InChI=1S/C16H11N/c1-3-13-7-5-9-15(11-13)17-16-10-6-8-14(4-2)12-16/h1-2,5-12,17H. The third-order valence-electron chi connectivity index (χ3n) is 2.35. The monoisotopic (exact) mass is 217 g/mol. The molecule has 2 aromatic rings. The van der Waals surface area contributed by atoms with E-state index < -0.39 is 0 Å². The Kier molecular flexibility index (Phi) is 3.15. The van der Waals surface area contributed by atoms with E-state index in [0.717, 1.165) is 22.5 Å². The summed E-state index contributed by atoms with van der Waals surface area (Å²) >= 11 is 0. The van der Waals surface area contributed by atoms with Crippen molar-refractivity contribution < 1.29 is 0 Å². The first kappa shape index (κ1) is 10.9. The second-order valence-corrected chi connectivity index (χ2v) is 3.58. The zero-order chi connectivity index (χ0) is 12.1. The van der Waals surface area contributed by atoms with Crippen LogP contribution < -0.4 is 5.32 Å². The number of benzene rings is 2. The fourth-order valence-corrected chi connectivity index (χ4v) is 1.54. The number of rotatable bonds is 2. The fraction of sp³-hybridized carbons (Fsp3) is 0. The van der Waals surface area contributed by atoms with E-state index in [2.05, 4.69) is 17.2 Å². The van der Waals surface area contributed by atoms with Gasteiger partial charge in [-0.2, -0.15) is 0 Å². The van der Waals surface area contributed by atoms with E-state index >= 15 is 0 Å². The van der Waals surface area contributed by atoms with E-state index in [-0.39, 0.29) is 0 Å². The van der Waals surface area contributed by atoms with Crippen molar-refractivity contribution in [2.24, 2.45) is 0 Å². The fourth-order valence-electron chi connectivity index (χ4n) is 1.54. The maximum Gasteiger partial charge on any atom is 0.0396 e. The third kappa shape index (κ3) is 2.68. The van der Waals surface area contributed by atoms with Crippen LogP contribution in [-0.4, -0.2) is 0 Å². The molecule has 0 aliphatic rings. The van der Waals surface area contributed by atoms with E-state index in [1.807, 2.05) is 48.5 Å². The molecule has 1 heteroatoms. The zero-order valence-electron chi connectivity index (χ0n) is 9.27. The number of terminal acetylenes is 2. The van der Waals surface area contributed by atoms with Crippen molar-refractivity contribution in [1.29, 1.82) is 0 Å². The van der Waals surface area contributed by atoms with Gasteiger partial charge >= 0.3 is 0 Å². The molecule has 0 unspecified atom stereocenters. The Morgan fingerprint density at radius 3 is 1.65 bits per heavy atom. The maximum atomic E-state index is 5.35. The molecule has 0 spiro atoms. The van der Waals surface area contributed by atoms with E-state index in [9.17, 15) is 0 Å². The lowest BCUT2D eigenvalue weighted by molar-refractivity contribution is 1.52. The van der Waals surface area contributed by atoms with Gasteiger partial charge in [-0.15, -0.1) is 12.8 Å². The van der Waals surface area contributed by atoms with Gasteiger partial charge in [-0.25, -0.2) is 0 Å². The SMILES string of the molecule is C#Cc1cccc(Nc2cccc(C#C)c2)c1. The van der Waals surface area contributed by atoms with Crippen molar-refractivity contribution in [3.05, 3.63) is 59.7 Å². The largest absolute Gasteiger partial charge is 0.355 e. The Morgan fingerprint density at radius 2 is 1.24 bits per heavy atom. The van der Waals surface area contributed by atoms with Gasteiger partial charge in [-0.3, -0.25) is 0 Å². The summed E-state index contributed by atoms with van der Waals surface area (Å²) < 4.78 is 0. The maximum absolute atomic E-state index is 5.35. The molecular formula is C16H11N. The van der Waals surface area contributed by atoms with Crippen LogP contribution in [0.5, 0.6) is 0 Å². The molecule has 0 saturated carbocycles. The first-order valence-electron chi connectivity index (χ1n) is 5.22. The van der Waals surface area contributed by atoms with Gasteiger partial charge in [-0.1, -0.05) is 24.0 Å². The van der Waals surface area contributed by atoms with Crippen molar-refractivity contribution in [2.45, 2.75) is 0 Å². The Bertz CT molecular complexity index is 556. The third-order valence-corrected chi connectivity index (χ3v) is 2.35. The lowest BCUT2D eigenvalue weighted by Gasteiger charge is -2.07. The molecule has 17 heavy (non-hydrogen) atoms. The van der Waals surface area contributed by atoms with Crippen LogP contribution in [0.4, 0.5) is 11.4 Å². The topological polar surface area (TPSA) is 12.0 Å². The summed E-state index contributed by atoms with van der Waals surface area (Å²) in [4.78, 5) is 0. The van der Waals surface area contributed by atoms with E-state index in [1.165, 1.54) is 0 Å². The highest BCUT2D eigenvalue weighted by atomic mass is 14.9. The second kappa shape index (κ2) is 4.92. The molecule has 2 rings (SSSR count). The van der Waals surface area contributed by atoms with Gasteiger partial charge in [0, 0.05) is 22.5 Å². The molecule has 0 atom stereocenters. The molecule has 0 aromatic heterocycles. The minimum Gasteiger partial charge on any atom is -0.355 e. The summed E-state index contributed by atoms with van der Waals surface area (Å²) in [5, 5.41) is 3.26. The Balaban J connectivity index is 2.26. The number of hydrogen-bond acceptors (Lipinski definition) is 1. The molecule has 0 bridgehead atoms. The number of nitrogens with one attached hydrogen (secondary N) is 1. The van der Waals surface area contributed by atoms with Crippen molar-refractivity contribution in [1.82, 2.24) is 0 Å². The average Bonchev–Trinajstić information content (AvgIpc) is 2.39. The van der Waals surface area contributed by atoms with E-state index in [1.54, 1.807) is 0 Å². The molecule has 0 aliphatic carbocycles. The van der Waals surface area contributed by atoms with Gasteiger partial charge in [0.25, 0.3) is 0 Å². The Morgan fingerprint density at radius 1 is 0.765 bits per heavy atom. The van der Waals surface area contributed by atoms with Crippen molar-refractivity contribution in [3.63, 3.8) is 0 Å². The summed E-state index contributed by atoms with van der Waals surface area (Å²) in [6, 6.07) is 15.4. The minimum absolute atomic E-state index is 0.850. The van der Waals surface area contributed by atoms with Crippen LogP contribution in [0.1, 0.15) is 11.1 Å². The summed E-state index contributed by atoms with van der Waals surface area (Å²) in [5.74, 6) is 5.21. The highest BCUT2D eigenvalue weighted by Crippen LogP contribution is 2.18. The van der Waals surface area contributed by atoms with Gasteiger partial charge in [0.05, 0.1) is 0 Å². The first-order valence-corrected chi connectivity index (χ1v) is 5.22. The molecule has 0 amide bonds. The van der Waals surface area contributed by atoms with Gasteiger partial charge in [-0.05, 0) is 36.4 Å². The summed E-state index contributed by atoms with van der Waals surface area (Å²) in [6.07, 6.45) is 10.7. The van der Waals surface area contributed by atoms with Crippen molar-refractivity contribution in [3.8, 4) is 24.7 Å². The van der Waals surface area contributed by atoms with Crippen molar-refractivity contribution in [2.75, 3.05) is 5.32 Å². The lowest BCUT2D eigenvalue weighted by atomic mass is 10.2. The molecule has 1 nitrogen and oxygen atoms in total. The van der Waals surface area contributed by atoms with Crippen LogP contribution in [0, 0.1) is 24.7 Å². The minimum atomic E-state index is 0.850. The molecule has 2 aromatic carbocycles. The Labute approximate surface area is 101 Å². The molecule has 80 valence electrons. The van der Waals surface area contributed by atoms with Gasteiger partial charge in [0.15, 0.2) is 0 Å². The van der Waals surface area contributed by atoms with Gasteiger partial charge in [0.1, 0.15) is 0 Å². The predicted octanol–water partition coefficient (Wildman–Crippen LogP) is 3.39. The van der Waals surface area contributed by atoms with E-state index in [0.29, 0.717) is 0 Å². The lowest BCUT2D eigenvalue weighted by Crippen LogP contribution is -1.91. The normalized spacial score (nSPS) is 9.06. The number of anilines is 2. The van der Waals surface area contributed by atoms with Crippen LogP contribution in [0.15, 0.2) is 48.5 Å². The van der Waals surface area contributed by atoms with Crippen LogP contribution in [0.25, 0.3) is 0 Å². The predicted molar refractivity (Wildman–Crippen MR) is 72.0 cm³/mol. The molecule has 0 radical (unpaired) electrons. The van der Waals surface area contributed by atoms with Gasteiger partial charge in [0.2, 0.25) is 0 Å². The summed E-state index contributed by atoms with van der Waals surface area (Å²) in [7, 11) is 0. The summed E-state index contributed by atoms with van der Waals surface area (Å²) in [5.41, 5.74) is 3.61. The smallest absolute Gasteiger partial charge is 0.0396 e. The van der Waals surface area contributed by atoms with E-state index in [4.69, 9.17) is 12.8 Å². The van der Waals surface area contributed by atoms with Crippen molar-refractivity contribution >= 4 is 11.4 Å². The second-order valence-electron chi connectivity index (χ2n) is 3.58. The molecule has 1 N–H and O–H groups in total. The molecule has 0 heterocycles. The highest BCUT2D eigenvalue weighted by molar-refractivity contribution is 5.63. The van der Waals surface area contributed by atoms with Crippen LogP contribution >= 0.6 is 0 Å². The zero-order valence-corrected chi connectivity index (χ0v) is 9.27. The molecule has 0 fully saturated rings.